The molecule has 0 radical (unpaired) electrons. The van der Waals surface area contributed by atoms with Gasteiger partial charge in [-0.15, -0.1) is 0 Å². The average Bonchev–Trinajstić information content (AvgIpc) is 2.42. The molecule has 0 fully saturated rings. The Morgan fingerprint density at radius 3 is 2.55 bits per heavy atom. The van der Waals surface area contributed by atoms with Crippen LogP contribution in [0.15, 0.2) is 45.3 Å². The quantitative estimate of drug-likeness (QED) is 0.551. The van der Waals surface area contributed by atoms with Gasteiger partial charge in [-0.2, -0.15) is 5.26 Å². The minimum atomic E-state index is -0.516. The SMILES string of the molecule is N#Cc1ccc(Oc2c(Br)cccc2[N+](=O)[O-])c(Br)c1. The van der Waals surface area contributed by atoms with Crippen molar-refractivity contribution in [2.75, 3.05) is 0 Å². The maximum absolute atomic E-state index is 11.0. The predicted octanol–water partition coefficient (Wildman–Crippen LogP) is 4.78. The minimum Gasteiger partial charge on any atom is -0.448 e. The molecule has 0 aromatic heterocycles. The third-order valence-electron chi connectivity index (χ3n) is 2.42. The number of halogens is 2. The zero-order valence-electron chi connectivity index (χ0n) is 9.84. The average molecular weight is 398 g/mol. The molecule has 0 aliphatic carbocycles. The van der Waals surface area contributed by atoms with Gasteiger partial charge in [0.15, 0.2) is 0 Å². The first-order valence-corrected chi connectivity index (χ1v) is 6.92. The second-order valence-corrected chi connectivity index (χ2v) is 5.41. The van der Waals surface area contributed by atoms with Crippen LogP contribution in [-0.2, 0) is 0 Å². The molecule has 0 spiro atoms. The number of ether oxygens (including phenoxy) is 1. The molecule has 0 amide bonds. The molecule has 20 heavy (non-hydrogen) atoms. The van der Waals surface area contributed by atoms with Crippen molar-refractivity contribution < 1.29 is 9.66 Å². The van der Waals surface area contributed by atoms with Crippen molar-refractivity contribution >= 4 is 37.5 Å². The third-order valence-corrected chi connectivity index (χ3v) is 3.66. The first-order valence-electron chi connectivity index (χ1n) is 5.33. The van der Waals surface area contributed by atoms with Gasteiger partial charge in [-0.25, -0.2) is 0 Å². The summed E-state index contributed by atoms with van der Waals surface area (Å²) in [5.74, 6) is 0.502. The fourth-order valence-electron chi connectivity index (χ4n) is 1.51. The highest BCUT2D eigenvalue weighted by Crippen LogP contribution is 2.40. The molecule has 0 atom stereocenters. The van der Waals surface area contributed by atoms with Gasteiger partial charge in [-0.3, -0.25) is 10.1 Å². The van der Waals surface area contributed by atoms with Crippen LogP contribution < -0.4 is 4.74 Å². The summed E-state index contributed by atoms with van der Waals surface area (Å²) in [6.07, 6.45) is 0. The Labute approximate surface area is 131 Å². The Bertz CT molecular complexity index is 726. The molecule has 0 aliphatic heterocycles. The smallest absolute Gasteiger partial charge is 0.312 e. The fraction of sp³-hybridized carbons (Fsp3) is 0. The summed E-state index contributed by atoms with van der Waals surface area (Å²) < 4.78 is 6.61. The highest BCUT2D eigenvalue weighted by molar-refractivity contribution is 9.11. The number of benzene rings is 2. The molecule has 2 aromatic rings. The molecule has 2 rings (SSSR count). The summed E-state index contributed by atoms with van der Waals surface area (Å²) in [6, 6.07) is 11.3. The lowest BCUT2D eigenvalue weighted by molar-refractivity contribution is -0.385. The standard InChI is InChI=1S/C13H6Br2N2O3/c14-9-2-1-3-11(17(18)19)13(9)20-12-5-4-8(7-16)6-10(12)15/h1-6H. The van der Waals surface area contributed by atoms with E-state index >= 15 is 0 Å². The van der Waals surface area contributed by atoms with Crippen LogP contribution in [0.3, 0.4) is 0 Å². The Balaban J connectivity index is 2.45. The van der Waals surface area contributed by atoms with Crippen LogP contribution in [0.4, 0.5) is 5.69 Å². The van der Waals surface area contributed by atoms with Gasteiger partial charge in [0.1, 0.15) is 5.75 Å². The number of nitrogens with zero attached hydrogens (tertiary/aromatic N) is 2. The van der Waals surface area contributed by atoms with Crippen molar-refractivity contribution in [3.63, 3.8) is 0 Å². The number of para-hydroxylation sites is 1. The maximum atomic E-state index is 11.0. The molecular weight excluding hydrogens is 392 g/mol. The van der Waals surface area contributed by atoms with Crippen LogP contribution in [0.1, 0.15) is 5.56 Å². The molecule has 7 heteroatoms. The van der Waals surface area contributed by atoms with Gasteiger partial charge in [-0.05, 0) is 56.1 Å². The van der Waals surface area contributed by atoms with Gasteiger partial charge in [0.2, 0.25) is 5.75 Å². The van der Waals surface area contributed by atoms with Crippen LogP contribution in [-0.4, -0.2) is 4.92 Å². The molecule has 0 saturated carbocycles. The maximum Gasteiger partial charge on any atom is 0.312 e. The second kappa shape index (κ2) is 6.03. The molecule has 0 saturated heterocycles. The van der Waals surface area contributed by atoms with E-state index in [1.807, 2.05) is 6.07 Å². The van der Waals surface area contributed by atoms with Crippen LogP contribution in [0.2, 0.25) is 0 Å². The fourth-order valence-corrected chi connectivity index (χ4v) is 2.40. The summed E-state index contributed by atoms with van der Waals surface area (Å²) in [5, 5.41) is 19.8. The third kappa shape index (κ3) is 2.98. The van der Waals surface area contributed by atoms with E-state index in [1.165, 1.54) is 6.07 Å². The van der Waals surface area contributed by atoms with Crippen LogP contribution in [0.5, 0.6) is 11.5 Å². The van der Waals surface area contributed by atoms with Gasteiger partial charge in [0.25, 0.3) is 0 Å². The zero-order valence-corrected chi connectivity index (χ0v) is 13.0. The van der Waals surface area contributed by atoms with E-state index in [2.05, 4.69) is 31.9 Å². The van der Waals surface area contributed by atoms with E-state index < -0.39 is 4.92 Å². The van der Waals surface area contributed by atoms with Gasteiger partial charge >= 0.3 is 5.69 Å². The van der Waals surface area contributed by atoms with E-state index in [0.29, 0.717) is 20.3 Å². The molecule has 0 unspecified atom stereocenters. The Morgan fingerprint density at radius 2 is 1.95 bits per heavy atom. The van der Waals surface area contributed by atoms with E-state index in [1.54, 1.807) is 30.3 Å². The topological polar surface area (TPSA) is 76.2 Å². The van der Waals surface area contributed by atoms with Crippen LogP contribution in [0.25, 0.3) is 0 Å². The monoisotopic (exact) mass is 396 g/mol. The van der Waals surface area contributed by atoms with Crippen molar-refractivity contribution in [1.29, 1.82) is 5.26 Å². The zero-order chi connectivity index (χ0) is 14.7. The largest absolute Gasteiger partial charge is 0.448 e. The van der Waals surface area contributed by atoms with Gasteiger partial charge in [0.05, 0.1) is 25.5 Å². The Hall–Kier alpha value is -1.91. The lowest BCUT2D eigenvalue weighted by atomic mass is 10.2. The Kier molecular flexibility index (Phi) is 4.37. The van der Waals surface area contributed by atoms with Crippen molar-refractivity contribution in [1.82, 2.24) is 0 Å². The number of hydrogen-bond donors (Lipinski definition) is 0. The van der Waals surface area contributed by atoms with Crippen molar-refractivity contribution in [2.45, 2.75) is 0 Å². The summed E-state index contributed by atoms with van der Waals surface area (Å²) >= 11 is 6.50. The lowest BCUT2D eigenvalue weighted by Crippen LogP contribution is -1.95. The summed E-state index contributed by atoms with van der Waals surface area (Å²) in [6.45, 7) is 0. The molecular formula is C13H6Br2N2O3. The molecule has 0 heterocycles. The number of rotatable bonds is 3. The van der Waals surface area contributed by atoms with Crippen molar-refractivity contribution in [3.05, 3.63) is 61.0 Å². The van der Waals surface area contributed by atoms with E-state index in [-0.39, 0.29) is 11.4 Å². The van der Waals surface area contributed by atoms with Crippen molar-refractivity contribution in [3.8, 4) is 17.6 Å². The molecule has 5 nitrogen and oxygen atoms in total. The van der Waals surface area contributed by atoms with E-state index in [4.69, 9.17) is 10.00 Å². The summed E-state index contributed by atoms with van der Waals surface area (Å²) in [7, 11) is 0. The molecule has 100 valence electrons. The van der Waals surface area contributed by atoms with Crippen LogP contribution in [0, 0.1) is 21.4 Å². The predicted molar refractivity (Wildman–Crippen MR) is 79.7 cm³/mol. The summed E-state index contributed by atoms with van der Waals surface area (Å²) in [5.41, 5.74) is 0.321. The van der Waals surface area contributed by atoms with Gasteiger partial charge < -0.3 is 4.74 Å². The molecule has 0 aliphatic rings. The lowest BCUT2D eigenvalue weighted by Gasteiger charge is -2.09. The second-order valence-electron chi connectivity index (χ2n) is 3.70. The summed E-state index contributed by atoms with van der Waals surface area (Å²) in [4.78, 5) is 10.5. The number of hydrogen-bond acceptors (Lipinski definition) is 4. The van der Waals surface area contributed by atoms with E-state index in [0.717, 1.165) is 0 Å². The molecule has 0 N–H and O–H groups in total. The first kappa shape index (κ1) is 14.5. The Morgan fingerprint density at radius 1 is 1.20 bits per heavy atom. The molecule has 2 aromatic carbocycles. The first-order chi connectivity index (χ1) is 9.52. The van der Waals surface area contributed by atoms with E-state index in [9.17, 15) is 10.1 Å². The number of nitro benzene ring substituents is 1. The van der Waals surface area contributed by atoms with Gasteiger partial charge in [0, 0.05) is 6.07 Å². The van der Waals surface area contributed by atoms with Crippen molar-refractivity contribution in [2.24, 2.45) is 0 Å². The number of nitriles is 1. The number of nitro groups is 1. The highest BCUT2D eigenvalue weighted by Gasteiger charge is 2.19. The highest BCUT2D eigenvalue weighted by atomic mass is 79.9. The van der Waals surface area contributed by atoms with Crippen LogP contribution >= 0.6 is 31.9 Å². The normalized spacial score (nSPS) is 9.85. The van der Waals surface area contributed by atoms with Gasteiger partial charge in [-0.1, -0.05) is 6.07 Å². The molecule has 0 bridgehead atoms. The minimum absolute atomic E-state index is 0.114.